The molecule has 1 heterocycles. The lowest BCUT2D eigenvalue weighted by Gasteiger charge is -2.06. The summed E-state index contributed by atoms with van der Waals surface area (Å²) in [4.78, 5) is 4.39. The fourth-order valence-electron chi connectivity index (χ4n) is 1.19. The third-order valence-electron chi connectivity index (χ3n) is 2.22. The SMILES string of the molecule is CNC(C)CSc1nc2ccccc2o1. The Kier molecular flexibility index (Phi) is 3.28. The van der Waals surface area contributed by atoms with Crippen LogP contribution in [0.1, 0.15) is 6.92 Å². The summed E-state index contributed by atoms with van der Waals surface area (Å²) in [7, 11) is 1.96. The second-order valence-electron chi connectivity index (χ2n) is 3.45. The van der Waals surface area contributed by atoms with Crippen molar-refractivity contribution in [2.75, 3.05) is 12.8 Å². The molecule has 0 radical (unpaired) electrons. The summed E-state index contributed by atoms with van der Waals surface area (Å²) in [5, 5.41) is 3.93. The quantitative estimate of drug-likeness (QED) is 0.807. The molecular formula is C11H14N2OS. The normalized spacial score (nSPS) is 13.2. The molecule has 2 aromatic rings. The van der Waals surface area contributed by atoms with Crippen LogP contribution in [0.15, 0.2) is 33.9 Å². The van der Waals surface area contributed by atoms with Gasteiger partial charge in [0.2, 0.25) is 0 Å². The average Bonchev–Trinajstić information content (AvgIpc) is 2.68. The molecule has 1 unspecified atom stereocenters. The molecule has 15 heavy (non-hydrogen) atoms. The molecule has 0 aliphatic heterocycles. The number of rotatable bonds is 4. The van der Waals surface area contributed by atoms with E-state index in [2.05, 4.69) is 17.2 Å². The highest BCUT2D eigenvalue weighted by atomic mass is 32.2. The Morgan fingerprint density at radius 3 is 3.00 bits per heavy atom. The van der Waals surface area contributed by atoms with Gasteiger partial charge in [-0.3, -0.25) is 0 Å². The standard InChI is InChI=1S/C11H14N2OS/c1-8(12-2)7-15-11-13-9-5-3-4-6-10(9)14-11/h3-6,8,12H,7H2,1-2H3. The molecule has 0 spiro atoms. The minimum atomic E-state index is 0.463. The van der Waals surface area contributed by atoms with E-state index in [4.69, 9.17) is 4.42 Å². The molecule has 1 aromatic carbocycles. The Hall–Kier alpha value is -1.00. The van der Waals surface area contributed by atoms with Gasteiger partial charge >= 0.3 is 0 Å². The number of oxazole rings is 1. The predicted octanol–water partition coefficient (Wildman–Crippen LogP) is 2.53. The topological polar surface area (TPSA) is 38.1 Å². The Balaban J connectivity index is 2.09. The van der Waals surface area contributed by atoms with Crippen LogP contribution in [0.5, 0.6) is 0 Å². The minimum absolute atomic E-state index is 0.463. The number of thioether (sulfide) groups is 1. The van der Waals surface area contributed by atoms with Gasteiger partial charge in [0, 0.05) is 11.8 Å². The number of nitrogens with one attached hydrogen (secondary N) is 1. The van der Waals surface area contributed by atoms with E-state index in [9.17, 15) is 0 Å². The summed E-state index contributed by atoms with van der Waals surface area (Å²) in [5.74, 6) is 0.962. The van der Waals surface area contributed by atoms with Crippen molar-refractivity contribution < 1.29 is 4.42 Å². The predicted molar refractivity (Wildman–Crippen MR) is 63.3 cm³/mol. The van der Waals surface area contributed by atoms with Crippen molar-refractivity contribution in [1.82, 2.24) is 10.3 Å². The number of hydrogen-bond acceptors (Lipinski definition) is 4. The summed E-state index contributed by atoms with van der Waals surface area (Å²) in [6.07, 6.45) is 0. The maximum atomic E-state index is 5.59. The number of nitrogens with zero attached hydrogens (tertiary/aromatic N) is 1. The molecule has 4 heteroatoms. The highest BCUT2D eigenvalue weighted by Crippen LogP contribution is 2.23. The first-order chi connectivity index (χ1) is 7.29. The zero-order valence-electron chi connectivity index (χ0n) is 8.86. The van der Waals surface area contributed by atoms with E-state index < -0.39 is 0 Å². The molecule has 3 nitrogen and oxygen atoms in total. The second kappa shape index (κ2) is 4.68. The van der Waals surface area contributed by atoms with Crippen LogP contribution in [0.4, 0.5) is 0 Å². The molecule has 0 fully saturated rings. The van der Waals surface area contributed by atoms with Crippen LogP contribution in [0, 0.1) is 0 Å². The van der Waals surface area contributed by atoms with E-state index in [0.717, 1.165) is 22.1 Å². The van der Waals surface area contributed by atoms with Gasteiger partial charge in [0.1, 0.15) is 5.52 Å². The van der Waals surface area contributed by atoms with Crippen LogP contribution in [-0.2, 0) is 0 Å². The van der Waals surface area contributed by atoms with Gasteiger partial charge in [0.05, 0.1) is 0 Å². The summed E-state index contributed by atoms with van der Waals surface area (Å²) in [5.41, 5.74) is 1.79. The monoisotopic (exact) mass is 222 g/mol. The highest BCUT2D eigenvalue weighted by molar-refractivity contribution is 7.99. The van der Waals surface area contributed by atoms with Gasteiger partial charge in [-0.1, -0.05) is 23.9 Å². The lowest BCUT2D eigenvalue weighted by atomic mass is 10.3. The van der Waals surface area contributed by atoms with E-state index >= 15 is 0 Å². The number of hydrogen-bond donors (Lipinski definition) is 1. The van der Waals surface area contributed by atoms with Crippen molar-refractivity contribution in [1.29, 1.82) is 0 Å². The second-order valence-corrected chi connectivity index (χ2v) is 4.42. The van der Waals surface area contributed by atoms with Crippen LogP contribution in [-0.4, -0.2) is 23.8 Å². The third-order valence-corrected chi connectivity index (χ3v) is 3.31. The van der Waals surface area contributed by atoms with Crippen molar-refractivity contribution in [2.45, 2.75) is 18.2 Å². The minimum Gasteiger partial charge on any atom is -0.431 e. The van der Waals surface area contributed by atoms with Crippen molar-refractivity contribution in [3.63, 3.8) is 0 Å². The molecule has 0 saturated heterocycles. The van der Waals surface area contributed by atoms with E-state index in [1.54, 1.807) is 11.8 Å². The molecular weight excluding hydrogens is 208 g/mol. The maximum Gasteiger partial charge on any atom is 0.256 e. The maximum absolute atomic E-state index is 5.59. The van der Waals surface area contributed by atoms with Crippen LogP contribution < -0.4 is 5.32 Å². The van der Waals surface area contributed by atoms with Crippen LogP contribution in [0.2, 0.25) is 0 Å². The first-order valence-corrected chi connectivity index (χ1v) is 5.94. The molecule has 0 aliphatic carbocycles. The Morgan fingerprint density at radius 1 is 1.47 bits per heavy atom. The van der Waals surface area contributed by atoms with Crippen LogP contribution >= 0.6 is 11.8 Å². The van der Waals surface area contributed by atoms with E-state index in [0.29, 0.717) is 6.04 Å². The summed E-state index contributed by atoms with van der Waals surface area (Å²) < 4.78 is 5.59. The molecule has 0 saturated carbocycles. The van der Waals surface area contributed by atoms with Gasteiger partial charge in [-0.05, 0) is 26.1 Å². The molecule has 80 valence electrons. The average molecular weight is 222 g/mol. The van der Waals surface area contributed by atoms with Gasteiger partial charge in [-0.15, -0.1) is 0 Å². The third kappa shape index (κ3) is 2.52. The van der Waals surface area contributed by atoms with Crippen molar-refractivity contribution >= 4 is 22.9 Å². The number of fused-ring (bicyclic) bond motifs is 1. The highest BCUT2D eigenvalue weighted by Gasteiger charge is 2.07. The number of para-hydroxylation sites is 2. The lowest BCUT2D eigenvalue weighted by Crippen LogP contribution is -2.23. The van der Waals surface area contributed by atoms with Crippen molar-refractivity contribution in [3.8, 4) is 0 Å². The van der Waals surface area contributed by atoms with E-state index in [-0.39, 0.29) is 0 Å². The Labute approximate surface area is 93.3 Å². The van der Waals surface area contributed by atoms with Gasteiger partial charge in [0.15, 0.2) is 5.58 Å². The van der Waals surface area contributed by atoms with Gasteiger partial charge < -0.3 is 9.73 Å². The lowest BCUT2D eigenvalue weighted by molar-refractivity contribution is 0.488. The summed E-state index contributed by atoms with van der Waals surface area (Å²) in [6.45, 7) is 2.13. The first-order valence-electron chi connectivity index (χ1n) is 4.95. The summed E-state index contributed by atoms with van der Waals surface area (Å²) in [6, 6.07) is 8.29. The largest absolute Gasteiger partial charge is 0.431 e. The molecule has 1 atom stereocenters. The van der Waals surface area contributed by atoms with E-state index in [1.165, 1.54) is 0 Å². The van der Waals surface area contributed by atoms with E-state index in [1.807, 2.05) is 31.3 Å². The van der Waals surface area contributed by atoms with Gasteiger partial charge in [0.25, 0.3) is 5.22 Å². The van der Waals surface area contributed by atoms with Gasteiger partial charge in [-0.25, -0.2) is 4.98 Å². The van der Waals surface area contributed by atoms with Crippen molar-refractivity contribution in [2.24, 2.45) is 0 Å². The first kappa shape index (κ1) is 10.5. The molecule has 0 aliphatic rings. The number of benzene rings is 1. The van der Waals surface area contributed by atoms with Crippen LogP contribution in [0.25, 0.3) is 11.1 Å². The zero-order valence-corrected chi connectivity index (χ0v) is 9.67. The van der Waals surface area contributed by atoms with Gasteiger partial charge in [-0.2, -0.15) is 0 Å². The molecule has 0 bridgehead atoms. The number of aromatic nitrogens is 1. The fraction of sp³-hybridized carbons (Fsp3) is 0.364. The zero-order chi connectivity index (χ0) is 10.7. The molecule has 1 N–H and O–H groups in total. The molecule has 1 aromatic heterocycles. The Morgan fingerprint density at radius 2 is 2.27 bits per heavy atom. The smallest absolute Gasteiger partial charge is 0.256 e. The van der Waals surface area contributed by atoms with Crippen LogP contribution in [0.3, 0.4) is 0 Å². The fourth-order valence-corrected chi connectivity index (χ4v) is 2.06. The summed E-state index contributed by atoms with van der Waals surface area (Å²) >= 11 is 1.64. The molecule has 0 amide bonds. The van der Waals surface area contributed by atoms with Crippen molar-refractivity contribution in [3.05, 3.63) is 24.3 Å². The Bertz CT molecular complexity index is 408. The molecule has 2 rings (SSSR count).